The molecule has 10 nitrogen and oxygen atoms in total. The van der Waals surface area contributed by atoms with Crippen LogP contribution in [-0.4, -0.2) is 52.0 Å². The van der Waals surface area contributed by atoms with Gasteiger partial charge in [-0.3, -0.25) is 0 Å². The Hall–Kier alpha value is -4.21. The number of rotatable bonds is 7. The summed E-state index contributed by atoms with van der Waals surface area (Å²) >= 11 is 0. The summed E-state index contributed by atoms with van der Waals surface area (Å²) in [6.45, 7) is 7.16. The topological polar surface area (TPSA) is 124 Å². The number of carbonyl (C=O) groups excluding carboxylic acids is 3. The second kappa shape index (κ2) is 9.96. The number of benzene rings is 1. The van der Waals surface area contributed by atoms with Crippen LogP contribution < -0.4 is 10.6 Å². The minimum Gasteiger partial charge on any atom is -0.463 e. The van der Waals surface area contributed by atoms with E-state index >= 15 is 0 Å². The fourth-order valence-electron chi connectivity index (χ4n) is 3.93. The molecule has 182 valence electrons. The highest BCUT2D eigenvalue weighted by Crippen LogP contribution is 2.27. The van der Waals surface area contributed by atoms with Crippen LogP contribution in [0.25, 0.3) is 22.3 Å². The fourth-order valence-corrected chi connectivity index (χ4v) is 3.93. The molecule has 2 aromatic heterocycles. The van der Waals surface area contributed by atoms with Crippen LogP contribution in [0.5, 0.6) is 0 Å². The van der Waals surface area contributed by atoms with Gasteiger partial charge in [0.05, 0.1) is 46.8 Å². The Morgan fingerprint density at radius 1 is 1.14 bits per heavy atom. The van der Waals surface area contributed by atoms with E-state index in [1.165, 1.54) is 0 Å². The number of aromatic nitrogens is 3. The van der Waals surface area contributed by atoms with Gasteiger partial charge in [-0.25, -0.2) is 24.0 Å². The summed E-state index contributed by atoms with van der Waals surface area (Å²) in [5.41, 5.74) is 2.67. The number of fused-ring (bicyclic) bond motifs is 1. The molecule has 35 heavy (non-hydrogen) atoms. The molecule has 0 aliphatic carbocycles. The molecular weight excluding hydrogens is 450 g/mol. The van der Waals surface area contributed by atoms with Gasteiger partial charge in [-0.1, -0.05) is 30.3 Å². The third-order valence-corrected chi connectivity index (χ3v) is 5.56. The van der Waals surface area contributed by atoms with Crippen LogP contribution in [0.3, 0.4) is 0 Å². The molecule has 0 saturated heterocycles. The van der Waals surface area contributed by atoms with Gasteiger partial charge < -0.3 is 20.1 Å². The Bertz CT molecular complexity index is 1310. The highest BCUT2D eigenvalue weighted by Gasteiger charge is 2.30. The van der Waals surface area contributed by atoms with E-state index < -0.39 is 24.0 Å². The fraction of sp³-hybridized carbons (Fsp3) is 0.320. The van der Waals surface area contributed by atoms with E-state index in [0.717, 1.165) is 5.56 Å². The second-order valence-corrected chi connectivity index (χ2v) is 8.35. The smallest absolute Gasteiger partial charge is 0.339 e. The zero-order valence-electron chi connectivity index (χ0n) is 20.0. The van der Waals surface area contributed by atoms with Crippen molar-refractivity contribution in [2.24, 2.45) is 0 Å². The number of esters is 2. The van der Waals surface area contributed by atoms with E-state index in [-0.39, 0.29) is 36.1 Å². The monoisotopic (exact) mass is 477 g/mol. The molecule has 1 atom stereocenters. The Morgan fingerprint density at radius 3 is 2.57 bits per heavy atom. The van der Waals surface area contributed by atoms with Gasteiger partial charge in [0.15, 0.2) is 5.65 Å². The third-order valence-electron chi connectivity index (χ3n) is 5.56. The summed E-state index contributed by atoms with van der Waals surface area (Å²) in [6.07, 6.45) is 1.59. The van der Waals surface area contributed by atoms with Crippen molar-refractivity contribution < 1.29 is 23.9 Å². The molecule has 1 aliphatic heterocycles. The molecule has 0 radical (unpaired) electrons. The Balaban J connectivity index is 1.71. The zero-order valence-corrected chi connectivity index (χ0v) is 20.0. The number of urea groups is 1. The normalized spacial score (nSPS) is 15.7. The van der Waals surface area contributed by atoms with Crippen LogP contribution in [0.15, 0.2) is 53.9 Å². The highest BCUT2D eigenvalue weighted by atomic mass is 16.5. The van der Waals surface area contributed by atoms with Crippen molar-refractivity contribution in [2.45, 2.75) is 39.8 Å². The van der Waals surface area contributed by atoms with Crippen LogP contribution in [0.2, 0.25) is 0 Å². The van der Waals surface area contributed by atoms with Crippen LogP contribution >= 0.6 is 0 Å². The molecule has 0 fully saturated rings. The van der Waals surface area contributed by atoms with Gasteiger partial charge in [-0.15, -0.1) is 0 Å². The van der Waals surface area contributed by atoms with Crippen molar-refractivity contribution in [3.8, 4) is 11.3 Å². The number of nitrogens with one attached hydrogen (secondary N) is 2. The molecule has 1 unspecified atom stereocenters. The van der Waals surface area contributed by atoms with Gasteiger partial charge in [0.25, 0.3) is 0 Å². The van der Waals surface area contributed by atoms with Crippen LogP contribution in [0, 0.1) is 0 Å². The molecule has 3 heterocycles. The lowest BCUT2D eigenvalue weighted by Gasteiger charge is -2.26. The van der Waals surface area contributed by atoms with Gasteiger partial charge in [-0.2, -0.15) is 5.10 Å². The lowest BCUT2D eigenvalue weighted by molar-refractivity contribution is -0.139. The van der Waals surface area contributed by atoms with Crippen molar-refractivity contribution in [3.05, 3.63) is 59.4 Å². The van der Waals surface area contributed by atoms with Crippen molar-refractivity contribution in [3.63, 3.8) is 0 Å². The van der Waals surface area contributed by atoms with Gasteiger partial charge in [-0.05, 0) is 33.8 Å². The predicted molar refractivity (Wildman–Crippen MR) is 128 cm³/mol. The SMILES string of the molecule is CCOC(=O)C1=C(COC(=O)c2cc(-c3ccccc3)nc3c2cnn3C(C)C)NC(=O)NC1C. The second-order valence-electron chi connectivity index (χ2n) is 8.35. The summed E-state index contributed by atoms with van der Waals surface area (Å²) in [6, 6.07) is 10.1. The maximum Gasteiger partial charge on any atom is 0.339 e. The molecule has 0 bridgehead atoms. The first-order chi connectivity index (χ1) is 16.8. The first-order valence-electron chi connectivity index (χ1n) is 11.4. The van der Waals surface area contributed by atoms with Gasteiger partial charge in [0.2, 0.25) is 0 Å². The number of pyridine rings is 1. The summed E-state index contributed by atoms with van der Waals surface area (Å²) < 4.78 is 12.4. The molecule has 0 spiro atoms. The van der Waals surface area contributed by atoms with E-state index in [2.05, 4.69) is 15.7 Å². The average molecular weight is 478 g/mol. The lowest BCUT2D eigenvalue weighted by Crippen LogP contribution is -2.50. The number of hydrogen-bond donors (Lipinski definition) is 2. The third kappa shape index (κ3) is 4.86. The summed E-state index contributed by atoms with van der Waals surface area (Å²) in [5.74, 6) is -1.22. The standard InChI is InChI=1S/C25H27N5O5/c1-5-34-24(32)21-15(4)27-25(33)29-20(21)13-35-23(31)17-11-19(16-9-7-6-8-10-16)28-22-18(17)12-26-30(22)14(2)3/h6-12,14-15H,5,13H2,1-4H3,(H2,27,29,33). The first-order valence-corrected chi connectivity index (χ1v) is 11.4. The molecule has 4 rings (SSSR count). The van der Waals surface area contributed by atoms with Crippen molar-refractivity contribution >= 4 is 29.0 Å². The Labute approximate surface area is 202 Å². The molecule has 0 saturated carbocycles. The molecule has 3 aromatic rings. The van der Waals surface area contributed by atoms with Crippen LogP contribution in [0.4, 0.5) is 4.79 Å². The summed E-state index contributed by atoms with van der Waals surface area (Å²) in [4.78, 5) is 42.5. The van der Waals surface area contributed by atoms with Crippen molar-refractivity contribution in [2.75, 3.05) is 13.2 Å². The van der Waals surface area contributed by atoms with Gasteiger partial charge in [0.1, 0.15) is 6.61 Å². The van der Waals surface area contributed by atoms with Crippen LogP contribution in [0.1, 0.15) is 44.1 Å². The Kier molecular flexibility index (Phi) is 6.81. The summed E-state index contributed by atoms with van der Waals surface area (Å²) in [5, 5.41) is 10.1. The molecule has 1 aliphatic rings. The molecule has 10 heteroatoms. The number of amides is 2. The first kappa shape index (κ1) is 23.9. The van der Waals surface area contributed by atoms with Gasteiger partial charge >= 0.3 is 18.0 Å². The van der Waals surface area contributed by atoms with Gasteiger partial charge in [0, 0.05) is 11.6 Å². The molecule has 2 amide bonds. The van der Waals surface area contributed by atoms with E-state index in [1.54, 1.807) is 30.8 Å². The van der Waals surface area contributed by atoms with E-state index in [4.69, 9.17) is 14.5 Å². The van der Waals surface area contributed by atoms with E-state index in [0.29, 0.717) is 16.7 Å². The lowest BCUT2D eigenvalue weighted by atomic mass is 10.0. The molecule has 1 aromatic carbocycles. The maximum absolute atomic E-state index is 13.3. The minimum absolute atomic E-state index is 0.0265. The number of carbonyl (C=O) groups is 3. The zero-order chi connectivity index (χ0) is 25.1. The van der Waals surface area contributed by atoms with Crippen molar-refractivity contribution in [1.29, 1.82) is 0 Å². The number of hydrogen-bond acceptors (Lipinski definition) is 7. The summed E-state index contributed by atoms with van der Waals surface area (Å²) in [7, 11) is 0. The van der Waals surface area contributed by atoms with E-state index in [9.17, 15) is 14.4 Å². The quantitative estimate of drug-likeness (QED) is 0.500. The van der Waals surface area contributed by atoms with Crippen LogP contribution in [-0.2, 0) is 14.3 Å². The number of ether oxygens (including phenoxy) is 2. The average Bonchev–Trinajstić information content (AvgIpc) is 3.26. The molecular formula is C25H27N5O5. The molecule has 2 N–H and O–H groups in total. The predicted octanol–water partition coefficient (Wildman–Crippen LogP) is 3.35. The van der Waals surface area contributed by atoms with E-state index in [1.807, 2.05) is 44.2 Å². The van der Waals surface area contributed by atoms with Crippen molar-refractivity contribution in [1.82, 2.24) is 25.4 Å². The highest BCUT2D eigenvalue weighted by molar-refractivity contribution is 6.04. The maximum atomic E-state index is 13.3. The largest absolute Gasteiger partial charge is 0.463 e. The Morgan fingerprint density at radius 2 is 1.89 bits per heavy atom. The minimum atomic E-state index is -0.631. The number of nitrogens with zero attached hydrogens (tertiary/aromatic N) is 3.